The van der Waals surface area contributed by atoms with Gasteiger partial charge in [0.15, 0.2) is 0 Å². The van der Waals surface area contributed by atoms with Gasteiger partial charge in [0.1, 0.15) is 11.5 Å². The van der Waals surface area contributed by atoms with Crippen molar-refractivity contribution in [3.8, 4) is 0 Å². The van der Waals surface area contributed by atoms with E-state index in [2.05, 4.69) is 18.8 Å². The van der Waals surface area contributed by atoms with Crippen molar-refractivity contribution in [1.29, 1.82) is 0 Å². The topological polar surface area (TPSA) is 43.3 Å². The fourth-order valence-electron chi connectivity index (χ4n) is 1.60. The van der Waals surface area contributed by atoms with Crippen LogP contribution in [0.4, 0.5) is 5.82 Å². The van der Waals surface area contributed by atoms with Crippen molar-refractivity contribution in [2.45, 2.75) is 20.3 Å². The average molecular weight is 189 g/mol. The molecule has 0 radical (unpaired) electrons. The summed E-state index contributed by atoms with van der Waals surface area (Å²) >= 11 is 0. The van der Waals surface area contributed by atoms with Crippen LogP contribution in [0.3, 0.4) is 0 Å². The molecule has 0 unspecified atom stereocenters. The van der Waals surface area contributed by atoms with Crippen molar-refractivity contribution in [3.63, 3.8) is 0 Å². The van der Waals surface area contributed by atoms with E-state index < -0.39 is 0 Å². The zero-order valence-corrected chi connectivity index (χ0v) is 8.57. The summed E-state index contributed by atoms with van der Waals surface area (Å²) in [5.41, 5.74) is 7.86. The van der Waals surface area contributed by atoms with Crippen LogP contribution in [0.5, 0.6) is 0 Å². The molecule has 0 atom stereocenters. The molecule has 0 fully saturated rings. The van der Waals surface area contributed by atoms with Crippen molar-refractivity contribution in [2.24, 2.45) is 5.92 Å². The Balaban J connectivity index is 2.46. The van der Waals surface area contributed by atoms with Gasteiger partial charge in [-0.2, -0.15) is 0 Å². The Morgan fingerprint density at radius 1 is 1.43 bits per heavy atom. The summed E-state index contributed by atoms with van der Waals surface area (Å²) < 4.78 is 1.93. The maximum absolute atomic E-state index is 5.82. The van der Waals surface area contributed by atoms with Crippen LogP contribution in [0.15, 0.2) is 24.4 Å². The van der Waals surface area contributed by atoms with Crippen molar-refractivity contribution >= 4 is 11.5 Å². The van der Waals surface area contributed by atoms with Gasteiger partial charge in [-0.05, 0) is 24.5 Å². The molecule has 2 N–H and O–H groups in total. The van der Waals surface area contributed by atoms with Crippen molar-refractivity contribution in [1.82, 2.24) is 9.38 Å². The van der Waals surface area contributed by atoms with Gasteiger partial charge in [0, 0.05) is 6.20 Å². The number of hydrogen-bond acceptors (Lipinski definition) is 2. The molecule has 0 amide bonds. The second-order valence-electron chi connectivity index (χ2n) is 4.01. The Kier molecular flexibility index (Phi) is 2.15. The van der Waals surface area contributed by atoms with Gasteiger partial charge < -0.3 is 5.73 Å². The summed E-state index contributed by atoms with van der Waals surface area (Å²) in [5.74, 6) is 1.37. The number of nitrogen functional groups attached to an aromatic ring is 1. The Hall–Kier alpha value is -1.51. The van der Waals surface area contributed by atoms with E-state index in [1.807, 2.05) is 28.8 Å². The first-order chi connectivity index (χ1) is 6.66. The zero-order chi connectivity index (χ0) is 10.1. The number of pyridine rings is 1. The van der Waals surface area contributed by atoms with Crippen LogP contribution in [0.2, 0.25) is 0 Å². The van der Waals surface area contributed by atoms with Gasteiger partial charge in [0.25, 0.3) is 0 Å². The number of rotatable bonds is 2. The fourth-order valence-corrected chi connectivity index (χ4v) is 1.60. The lowest BCUT2D eigenvalue weighted by atomic mass is 10.1. The number of imidazole rings is 1. The van der Waals surface area contributed by atoms with E-state index in [9.17, 15) is 0 Å². The van der Waals surface area contributed by atoms with E-state index in [1.165, 1.54) is 0 Å². The van der Waals surface area contributed by atoms with Gasteiger partial charge >= 0.3 is 0 Å². The minimum atomic E-state index is 0.626. The molecule has 2 aromatic heterocycles. The molecule has 0 saturated carbocycles. The molecule has 0 saturated heterocycles. The summed E-state index contributed by atoms with van der Waals surface area (Å²) in [5, 5.41) is 0. The number of aromatic nitrogens is 2. The summed E-state index contributed by atoms with van der Waals surface area (Å²) in [6.07, 6.45) is 3.02. The molecule has 74 valence electrons. The maximum Gasteiger partial charge on any atom is 0.138 e. The van der Waals surface area contributed by atoms with E-state index >= 15 is 0 Å². The minimum Gasteiger partial charge on any atom is -0.385 e. The Morgan fingerprint density at radius 3 is 2.86 bits per heavy atom. The standard InChI is InChI=1S/C11H15N3/c1-8(2)6-9-7-14-10(12)4-3-5-11(14)13-9/h3-5,7-8H,6,12H2,1-2H3. The molecule has 3 heteroatoms. The largest absolute Gasteiger partial charge is 0.385 e. The first kappa shape index (κ1) is 9.06. The second-order valence-corrected chi connectivity index (χ2v) is 4.01. The lowest BCUT2D eigenvalue weighted by molar-refractivity contribution is 0.638. The Morgan fingerprint density at radius 2 is 2.21 bits per heavy atom. The predicted octanol–water partition coefficient (Wildman–Crippen LogP) is 2.12. The molecule has 0 aliphatic rings. The third kappa shape index (κ3) is 1.58. The highest BCUT2D eigenvalue weighted by molar-refractivity contribution is 5.48. The normalized spacial score (nSPS) is 11.4. The third-order valence-electron chi connectivity index (χ3n) is 2.19. The average Bonchev–Trinajstić information content (AvgIpc) is 2.47. The molecule has 0 aromatic carbocycles. The van der Waals surface area contributed by atoms with Crippen LogP contribution < -0.4 is 5.73 Å². The summed E-state index contributed by atoms with van der Waals surface area (Å²) in [6, 6.07) is 5.78. The first-order valence-corrected chi connectivity index (χ1v) is 4.89. The molecule has 0 bridgehead atoms. The van der Waals surface area contributed by atoms with Gasteiger partial charge in [-0.1, -0.05) is 19.9 Å². The van der Waals surface area contributed by atoms with Crippen LogP contribution >= 0.6 is 0 Å². The van der Waals surface area contributed by atoms with Crippen LogP contribution in [0.1, 0.15) is 19.5 Å². The molecular formula is C11H15N3. The molecule has 0 spiro atoms. The quantitative estimate of drug-likeness (QED) is 0.786. The van der Waals surface area contributed by atoms with Crippen molar-refractivity contribution in [2.75, 3.05) is 5.73 Å². The van der Waals surface area contributed by atoms with Crippen LogP contribution in [0.25, 0.3) is 5.65 Å². The molecule has 14 heavy (non-hydrogen) atoms. The van der Waals surface area contributed by atoms with Crippen LogP contribution in [0, 0.1) is 5.92 Å². The van der Waals surface area contributed by atoms with E-state index in [4.69, 9.17) is 5.73 Å². The van der Waals surface area contributed by atoms with Gasteiger partial charge in [0.2, 0.25) is 0 Å². The fraction of sp³-hybridized carbons (Fsp3) is 0.364. The monoisotopic (exact) mass is 189 g/mol. The lowest BCUT2D eigenvalue weighted by Gasteiger charge is -1.98. The predicted molar refractivity (Wildman–Crippen MR) is 58.1 cm³/mol. The second kappa shape index (κ2) is 3.33. The number of anilines is 1. The van der Waals surface area contributed by atoms with Gasteiger partial charge in [-0.25, -0.2) is 4.98 Å². The maximum atomic E-state index is 5.82. The van der Waals surface area contributed by atoms with Gasteiger partial charge in [-0.15, -0.1) is 0 Å². The molecule has 3 nitrogen and oxygen atoms in total. The number of nitrogens with two attached hydrogens (primary N) is 1. The molecule has 0 aliphatic heterocycles. The smallest absolute Gasteiger partial charge is 0.138 e. The highest BCUT2D eigenvalue weighted by Gasteiger charge is 2.04. The molecule has 0 aliphatic carbocycles. The SMILES string of the molecule is CC(C)Cc1cn2c(N)cccc2n1. The first-order valence-electron chi connectivity index (χ1n) is 4.89. The Labute approximate surface area is 83.6 Å². The highest BCUT2D eigenvalue weighted by atomic mass is 15.0. The lowest BCUT2D eigenvalue weighted by Crippen LogP contribution is -1.94. The number of fused-ring (bicyclic) bond motifs is 1. The van der Waals surface area contributed by atoms with E-state index in [-0.39, 0.29) is 0 Å². The zero-order valence-electron chi connectivity index (χ0n) is 8.57. The van der Waals surface area contributed by atoms with Crippen LogP contribution in [-0.2, 0) is 6.42 Å². The molecular weight excluding hydrogens is 174 g/mol. The molecule has 2 aromatic rings. The molecule has 2 heterocycles. The van der Waals surface area contributed by atoms with E-state index in [0.717, 1.165) is 23.6 Å². The van der Waals surface area contributed by atoms with E-state index in [0.29, 0.717) is 5.92 Å². The highest BCUT2D eigenvalue weighted by Crippen LogP contribution is 2.12. The summed E-state index contributed by atoms with van der Waals surface area (Å²) in [7, 11) is 0. The van der Waals surface area contributed by atoms with Gasteiger partial charge in [0.05, 0.1) is 5.69 Å². The van der Waals surface area contributed by atoms with Crippen molar-refractivity contribution < 1.29 is 0 Å². The minimum absolute atomic E-state index is 0.626. The van der Waals surface area contributed by atoms with Crippen LogP contribution in [-0.4, -0.2) is 9.38 Å². The summed E-state index contributed by atoms with van der Waals surface area (Å²) in [6.45, 7) is 4.38. The third-order valence-corrected chi connectivity index (χ3v) is 2.19. The van der Waals surface area contributed by atoms with Crippen molar-refractivity contribution in [3.05, 3.63) is 30.1 Å². The Bertz CT molecular complexity index is 443. The summed E-state index contributed by atoms with van der Waals surface area (Å²) in [4.78, 5) is 4.50. The number of nitrogens with zero attached hydrogens (tertiary/aromatic N) is 2. The van der Waals surface area contributed by atoms with E-state index in [1.54, 1.807) is 0 Å². The number of hydrogen-bond donors (Lipinski definition) is 1. The molecule has 2 rings (SSSR count). The van der Waals surface area contributed by atoms with Gasteiger partial charge in [-0.3, -0.25) is 4.40 Å².